The van der Waals surface area contributed by atoms with E-state index in [1.807, 2.05) is 0 Å². The molecule has 0 aromatic heterocycles. The Bertz CT molecular complexity index is 314. The summed E-state index contributed by atoms with van der Waals surface area (Å²) in [4.78, 5) is 0. The van der Waals surface area contributed by atoms with E-state index in [-0.39, 0.29) is 6.61 Å². The van der Waals surface area contributed by atoms with E-state index in [0.717, 1.165) is 32.1 Å². The van der Waals surface area contributed by atoms with Gasteiger partial charge in [0.15, 0.2) is 0 Å². The first-order chi connectivity index (χ1) is 8.26. The maximum absolute atomic E-state index is 9.57. The van der Waals surface area contributed by atoms with Crippen molar-refractivity contribution in [3.63, 3.8) is 0 Å². The number of aliphatic hydroxyl groups excluding tert-OH is 1. The van der Waals surface area contributed by atoms with Gasteiger partial charge in [0.05, 0.1) is 6.61 Å². The van der Waals surface area contributed by atoms with Crippen LogP contribution in [0.1, 0.15) is 62.3 Å². The quantitative estimate of drug-likeness (QED) is 0.755. The molecule has 1 aromatic carbocycles. The summed E-state index contributed by atoms with van der Waals surface area (Å²) in [7, 11) is 0. The van der Waals surface area contributed by atoms with Crippen molar-refractivity contribution in [1.82, 2.24) is 0 Å². The Kier molecular flexibility index (Phi) is 6.28. The van der Waals surface area contributed by atoms with E-state index in [1.165, 1.54) is 28.7 Å². The van der Waals surface area contributed by atoms with Crippen molar-refractivity contribution in [1.29, 1.82) is 0 Å². The van der Waals surface area contributed by atoms with Crippen LogP contribution in [0.2, 0.25) is 0 Å². The van der Waals surface area contributed by atoms with Gasteiger partial charge in [0, 0.05) is 0 Å². The highest BCUT2D eigenvalue weighted by Gasteiger charge is 2.09. The van der Waals surface area contributed by atoms with E-state index >= 15 is 0 Å². The molecular formula is C16H26O. The second kappa shape index (κ2) is 7.50. The lowest BCUT2D eigenvalue weighted by molar-refractivity contribution is 0.279. The molecule has 0 fully saturated rings. The highest BCUT2D eigenvalue weighted by molar-refractivity contribution is 5.39. The van der Waals surface area contributed by atoms with Gasteiger partial charge in [0.25, 0.3) is 0 Å². The molecule has 1 rings (SSSR count). The van der Waals surface area contributed by atoms with Gasteiger partial charge in [0.2, 0.25) is 0 Å². The van der Waals surface area contributed by atoms with Crippen molar-refractivity contribution in [2.75, 3.05) is 0 Å². The zero-order chi connectivity index (χ0) is 12.7. The molecule has 0 saturated carbocycles. The first-order valence-electron chi connectivity index (χ1n) is 7.01. The van der Waals surface area contributed by atoms with Gasteiger partial charge in [-0.2, -0.15) is 0 Å². The largest absolute Gasteiger partial charge is 0.392 e. The van der Waals surface area contributed by atoms with Gasteiger partial charge < -0.3 is 5.11 Å². The SMILES string of the molecule is CCCc1cc(CCC)c(CO)c(CCC)c1. The first kappa shape index (κ1) is 14.2. The number of aliphatic hydroxyl groups is 1. The van der Waals surface area contributed by atoms with Crippen LogP contribution in [0, 0.1) is 0 Å². The van der Waals surface area contributed by atoms with E-state index in [9.17, 15) is 5.11 Å². The molecule has 0 saturated heterocycles. The smallest absolute Gasteiger partial charge is 0.0687 e. The maximum atomic E-state index is 9.57. The van der Waals surface area contributed by atoms with Crippen molar-refractivity contribution in [3.05, 3.63) is 34.4 Å². The summed E-state index contributed by atoms with van der Waals surface area (Å²) < 4.78 is 0. The predicted octanol–water partition coefficient (Wildman–Crippen LogP) is 4.04. The molecule has 0 aliphatic rings. The van der Waals surface area contributed by atoms with Crippen LogP contribution in [0.4, 0.5) is 0 Å². The molecule has 0 aliphatic heterocycles. The minimum Gasteiger partial charge on any atom is -0.392 e. The Morgan fingerprint density at radius 1 is 0.824 bits per heavy atom. The summed E-state index contributed by atoms with van der Waals surface area (Å²) >= 11 is 0. The third kappa shape index (κ3) is 3.85. The molecule has 1 nitrogen and oxygen atoms in total. The maximum Gasteiger partial charge on any atom is 0.0687 e. The lowest BCUT2D eigenvalue weighted by Gasteiger charge is -2.15. The van der Waals surface area contributed by atoms with Crippen LogP contribution in [-0.4, -0.2) is 5.11 Å². The molecule has 0 radical (unpaired) electrons. The standard InChI is InChI=1S/C16H26O/c1-4-7-13-10-14(8-5-2)16(12-17)15(11-13)9-6-3/h10-11,17H,4-9,12H2,1-3H3. The van der Waals surface area contributed by atoms with Crippen LogP contribution in [0.3, 0.4) is 0 Å². The molecule has 0 unspecified atom stereocenters. The molecule has 0 bridgehead atoms. The predicted molar refractivity (Wildman–Crippen MR) is 74.3 cm³/mol. The van der Waals surface area contributed by atoms with Crippen LogP contribution in [0.5, 0.6) is 0 Å². The van der Waals surface area contributed by atoms with Crippen LogP contribution >= 0.6 is 0 Å². The lowest BCUT2D eigenvalue weighted by Crippen LogP contribution is -2.03. The summed E-state index contributed by atoms with van der Waals surface area (Å²) in [6.45, 7) is 6.82. The Hall–Kier alpha value is -0.820. The van der Waals surface area contributed by atoms with Crippen molar-refractivity contribution >= 4 is 0 Å². The molecule has 1 heteroatoms. The van der Waals surface area contributed by atoms with Gasteiger partial charge >= 0.3 is 0 Å². The van der Waals surface area contributed by atoms with E-state index in [1.54, 1.807) is 0 Å². The highest BCUT2D eigenvalue weighted by Crippen LogP contribution is 2.22. The van der Waals surface area contributed by atoms with Gasteiger partial charge in [-0.1, -0.05) is 52.2 Å². The fraction of sp³-hybridized carbons (Fsp3) is 0.625. The molecule has 0 atom stereocenters. The first-order valence-corrected chi connectivity index (χ1v) is 7.01. The van der Waals surface area contributed by atoms with E-state index in [0.29, 0.717) is 0 Å². The molecule has 0 heterocycles. The number of hydrogen-bond acceptors (Lipinski definition) is 1. The van der Waals surface area contributed by atoms with Gasteiger partial charge in [0.1, 0.15) is 0 Å². The fourth-order valence-electron chi connectivity index (χ4n) is 2.49. The third-order valence-electron chi connectivity index (χ3n) is 3.23. The van der Waals surface area contributed by atoms with Crippen LogP contribution in [-0.2, 0) is 25.9 Å². The van der Waals surface area contributed by atoms with E-state index in [4.69, 9.17) is 0 Å². The molecule has 96 valence electrons. The fourth-order valence-corrected chi connectivity index (χ4v) is 2.49. The van der Waals surface area contributed by atoms with Crippen molar-refractivity contribution < 1.29 is 5.11 Å². The lowest BCUT2D eigenvalue weighted by atomic mass is 9.92. The topological polar surface area (TPSA) is 20.2 Å². The number of rotatable bonds is 7. The van der Waals surface area contributed by atoms with Crippen molar-refractivity contribution in [3.8, 4) is 0 Å². The zero-order valence-electron chi connectivity index (χ0n) is 11.6. The summed E-state index contributed by atoms with van der Waals surface area (Å²) in [5.41, 5.74) is 5.36. The van der Waals surface area contributed by atoms with Gasteiger partial charge in [-0.3, -0.25) is 0 Å². The molecule has 0 aliphatic carbocycles. The second-order valence-corrected chi connectivity index (χ2v) is 4.80. The third-order valence-corrected chi connectivity index (χ3v) is 3.23. The zero-order valence-corrected chi connectivity index (χ0v) is 11.6. The Morgan fingerprint density at radius 2 is 1.29 bits per heavy atom. The van der Waals surface area contributed by atoms with Crippen LogP contribution in [0.15, 0.2) is 12.1 Å². The van der Waals surface area contributed by atoms with Crippen molar-refractivity contribution in [2.24, 2.45) is 0 Å². The van der Waals surface area contributed by atoms with Gasteiger partial charge in [-0.15, -0.1) is 0 Å². The highest BCUT2D eigenvalue weighted by atomic mass is 16.3. The molecular weight excluding hydrogens is 208 g/mol. The Balaban J connectivity index is 3.14. The van der Waals surface area contributed by atoms with Crippen molar-refractivity contribution in [2.45, 2.75) is 65.9 Å². The summed E-state index contributed by atoms with van der Waals surface area (Å²) in [5.74, 6) is 0. The number of hydrogen-bond donors (Lipinski definition) is 1. The minimum atomic E-state index is 0.192. The van der Waals surface area contributed by atoms with E-state index in [2.05, 4.69) is 32.9 Å². The summed E-state index contributed by atoms with van der Waals surface area (Å²) in [6.07, 6.45) is 6.81. The van der Waals surface area contributed by atoms with Crippen LogP contribution in [0.25, 0.3) is 0 Å². The Labute approximate surface area is 106 Å². The number of aryl methyl sites for hydroxylation is 3. The average molecular weight is 234 g/mol. The average Bonchev–Trinajstić information content (AvgIpc) is 2.30. The molecule has 17 heavy (non-hydrogen) atoms. The monoisotopic (exact) mass is 234 g/mol. The van der Waals surface area contributed by atoms with E-state index < -0.39 is 0 Å². The molecule has 1 N–H and O–H groups in total. The normalized spacial score (nSPS) is 10.8. The summed E-state index contributed by atoms with van der Waals surface area (Å²) in [5, 5.41) is 9.57. The second-order valence-electron chi connectivity index (χ2n) is 4.80. The minimum absolute atomic E-state index is 0.192. The molecule has 1 aromatic rings. The summed E-state index contributed by atoms with van der Waals surface area (Å²) in [6, 6.07) is 4.61. The number of benzene rings is 1. The molecule has 0 spiro atoms. The molecule has 0 amide bonds. The van der Waals surface area contributed by atoms with Gasteiger partial charge in [-0.25, -0.2) is 0 Å². The van der Waals surface area contributed by atoms with Crippen LogP contribution < -0.4 is 0 Å². The Morgan fingerprint density at radius 3 is 1.65 bits per heavy atom. The van der Waals surface area contributed by atoms with Gasteiger partial charge in [-0.05, 0) is 41.5 Å².